The zero-order valence-electron chi connectivity index (χ0n) is 15.5. The van der Waals surface area contributed by atoms with Gasteiger partial charge in [0.2, 0.25) is 0 Å². The molecule has 1 aliphatic rings. The average molecular weight is 421 g/mol. The normalized spacial score (nSPS) is 20.5. The van der Waals surface area contributed by atoms with Gasteiger partial charge in [0.25, 0.3) is 0 Å². The molecule has 0 spiro atoms. The first-order chi connectivity index (χ1) is 12.4. The number of alkyl halides is 9. The van der Waals surface area contributed by atoms with Crippen LogP contribution in [-0.4, -0.2) is 23.9 Å². The maximum atomic E-state index is 13.6. The Morgan fingerprint density at radius 3 is 2.00 bits per heavy atom. The summed E-state index contributed by atoms with van der Waals surface area (Å²) >= 11 is 0. The fraction of sp³-hybridized carbons (Fsp3) is 0.722. The van der Waals surface area contributed by atoms with Crippen LogP contribution in [0.2, 0.25) is 0 Å². The Balaban J connectivity index is 2.95. The fourth-order valence-electron chi connectivity index (χ4n) is 3.12. The summed E-state index contributed by atoms with van der Waals surface area (Å²) in [5, 5.41) is 8.98. The van der Waals surface area contributed by atoms with Crippen LogP contribution in [0.25, 0.3) is 0 Å². The predicted octanol–water partition coefficient (Wildman–Crippen LogP) is 7.21. The van der Waals surface area contributed by atoms with Crippen molar-refractivity contribution in [1.82, 2.24) is 0 Å². The van der Waals surface area contributed by atoms with Crippen LogP contribution in [0.1, 0.15) is 52.9 Å². The third-order valence-electron chi connectivity index (χ3n) is 4.60. The largest absolute Gasteiger partial charge is 0.460 e. The molecule has 0 aromatic heterocycles. The van der Waals surface area contributed by atoms with Crippen LogP contribution in [0.15, 0.2) is 22.8 Å². The quantitative estimate of drug-likeness (QED) is 0.328. The minimum Gasteiger partial charge on any atom is -0.200 e. The number of halogens is 9. The second kappa shape index (κ2) is 7.64. The summed E-state index contributed by atoms with van der Waals surface area (Å²) in [5.41, 5.74) is 1.25. The Hall–Kier alpha value is -1.66. The molecule has 0 heterocycles. The summed E-state index contributed by atoms with van der Waals surface area (Å²) in [6, 6.07) is 1.95. The van der Waals surface area contributed by atoms with Crippen molar-refractivity contribution in [2.75, 3.05) is 0 Å². The molecule has 0 amide bonds. The highest BCUT2D eigenvalue weighted by atomic mass is 19.4. The number of allylic oxidation sites excluding steroid dienone is 4. The molecule has 0 radical (unpaired) electrons. The number of nitrogens with zero attached hydrogens (tertiary/aromatic N) is 1. The molecule has 0 aliphatic heterocycles. The lowest BCUT2D eigenvalue weighted by molar-refractivity contribution is -0.396. The van der Waals surface area contributed by atoms with Crippen molar-refractivity contribution in [2.45, 2.75) is 76.8 Å². The van der Waals surface area contributed by atoms with Gasteiger partial charge in [-0.05, 0) is 43.6 Å². The van der Waals surface area contributed by atoms with E-state index in [1.165, 1.54) is 0 Å². The van der Waals surface area contributed by atoms with E-state index in [1.807, 2.05) is 19.9 Å². The molecule has 28 heavy (non-hydrogen) atoms. The molecular weight excluding hydrogens is 401 g/mol. The van der Waals surface area contributed by atoms with Gasteiger partial charge >= 0.3 is 23.9 Å². The van der Waals surface area contributed by atoms with Crippen molar-refractivity contribution >= 4 is 0 Å². The molecule has 0 aromatic carbocycles. The molecular formula is C18H20F9N. The van der Waals surface area contributed by atoms with Gasteiger partial charge in [0, 0.05) is 12.0 Å². The molecule has 1 rings (SSSR count). The smallest absolute Gasteiger partial charge is 0.200 e. The van der Waals surface area contributed by atoms with E-state index < -0.39 is 36.8 Å². The molecule has 10 heteroatoms. The first-order valence-electron chi connectivity index (χ1n) is 8.37. The highest BCUT2D eigenvalue weighted by Gasteiger charge is 2.81. The fourth-order valence-corrected chi connectivity index (χ4v) is 3.12. The van der Waals surface area contributed by atoms with Crippen LogP contribution in [0.4, 0.5) is 39.5 Å². The second-order valence-electron chi connectivity index (χ2n) is 7.79. The predicted molar refractivity (Wildman–Crippen MR) is 84.2 cm³/mol. The van der Waals surface area contributed by atoms with Gasteiger partial charge in [0.15, 0.2) is 0 Å². The second-order valence-corrected chi connectivity index (χ2v) is 7.79. The van der Waals surface area contributed by atoms with Gasteiger partial charge in [-0.15, -0.1) is 0 Å². The van der Waals surface area contributed by atoms with Gasteiger partial charge in [-0.25, -0.2) is 0 Å². The minimum atomic E-state index is -6.85. The van der Waals surface area contributed by atoms with E-state index in [0.29, 0.717) is 29.6 Å². The van der Waals surface area contributed by atoms with Gasteiger partial charge in [-0.2, -0.15) is 44.8 Å². The van der Waals surface area contributed by atoms with Crippen LogP contribution in [-0.2, 0) is 0 Å². The summed E-state index contributed by atoms with van der Waals surface area (Å²) in [5.74, 6) is -19.0. The lowest BCUT2D eigenvalue weighted by Gasteiger charge is -2.34. The Labute approximate surface area is 156 Å². The molecule has 160 valence electrons. The standard InChI is InChI=1S/C18H20F9N/c1-11(10-28)13-7-12(8-14(2,3)9-13)5-4-6-15(19,20)16(21,22)17(23,24)18(25,26)27/h7H,4-6,8-9H2,1-3H3/b13-11+. The van der Waals surface area contributed by atoms with E-state index in [9.17, 15) is 39.5 Å². The molecule has 0 saturated heterocycles. The molecule has 0 unspecified atom stereocenters. The Morgan fingerprint density at radius 2 is 1.54 bits per heavy atom. The van der Waals surface area contributed by atoms with E-state index in [-0.39, 0.29) is 11.8 Å². The molecule has 0 atom stereocenters. The SMILES string of the molecule is C/C(C#N)=C1/C=C(CCCC(F)(F)C(F)(F)C(F)(F)C(F)(F)F)CC(C)(C)C1. The monoisotopic (exact) mass is 421 g/mol. The summed E-state index contributed by atoms with van der Waals surface area (Å²) < 4.78 is 116. The molecule has 1 aliphatic carbocycles. The van der Waals surface area contributed by atoms with E-state index >= 15 is 0 Å². The number of hydrogen-bond acceptors (Lipinski definition) is 1. The van der Waals surface area contributed by atoms with Crippen LogP contribution >= 0.6 is 0 Å². The van der Waals surface area contributed by atoms with Crippen LogP contribution in [0.3, 0.4) is 0 Å². The van der Waals surface area contributed by atoms with Gasteiger partial charge < -0.3 is 0 Å². The lowest BCUT2D eigenvalue weighted by Crippen LogP contribution is -2.60. The highest BCUT2D eigenvalue weighted by Crippen LogP contribution is 2.54. The molecule has 0 N–H and O–H groups in total. The van der Waals surface area contributed by atoms with Gasteiger partial charge in [0.1, 0.15) is 0 Å². The van der Waals surface area contributed by atoms with Crippen LogP contribution in [0, 0.1) is 16.7 Å². The Morgan fingerprint density at radius 1 is 1.00 bits per heavy atom. The first-order valence-corrected chi connectivity index (χ1v) is 8.37. The summed E-state index contributed by atoms with van der Waals surface area (Å²) in [4.78, 5) is 0. The van der Waals surface area contributed by atoms with E-state index in [1.54, 1.807) is 13.0 Å². The summed E-state index contributed by atoms with van der Waals surface area (Å²) in [6.07, 6.45) is -7.03. The molecule has 0 fully saturated rings. The average Bonchev–Trinajstić information content (AvgIpc) is 2.50. The zero-order chi connectivity index (χ0) is 22.2. The van der Waals surface area contributed by atoms with E-state index in [2.05, 4.69) is 0 Å². The van der Waals surface area contributed by atoms with E-state index in [4.69, 9.17) is 5.26 Å². The topological polar surface area (TPSA) is 23.8 Å². The number of hydrogen-bond donors (Lipinski definition) is 0. The van der Waals surface area contributed by atoms with E-state index in [0.717, 1.165) is 0 Å². The van der Waals surface area contributed by atoms with Crippen molar-refractivity contribution < 1.29 is 39.5 Å². The van der Waals surface area contributed by atoms with Crippen molar-refractivity contribution in [2.24, 2.45) is 5.41 Å². The van der Waals surface area contributed by atoms with Crippen molar-refractivity contribution in [3.05, 3.63) is 22.8 Å². The van der Waals surface area contributed by atoms with Crippen LogP contribution < -0.4 is 0 Å². The van der Waals surface area contributed by atoms with Crippen molar-refractivity contribution in [1.29, 1.82) is 5.26 Å². The molecule has 0 saturated carbocycles. The molecule has 1 nitrogen and oxygen atoms in total. The third-order valence-corrected chi connectivity index (χ3v) is 4.60. The summed E-state index contributed by atoms with van der Waals surface area (Å²) in [7, 11) is 0. The Bertz CT molecular complexity index is 691. The third kappa shape index (κ3) is 4.84. The molecule has 0 aromatic rings. The number of rotatable bonds is 6. The molecule has 0 bridgehead atoms. The van der Waals surface area contributed by atoms with Crippen molar-refractivity contribution in [3.8, 4) is 6.07 Å². The van der Waals surface area contributed by atoms with Crippen LogP contribution in [0.5, 0.6) is 0 Å². The lowest BCUT2D eigenvalue weighted by atomic mass is 9.73. The zero-order valence-corrected chi connectivity index (χ0v) is 15.5. The first kappa shape index (κ1) is 24.4. The van der Waals surface area contributed by atoms with Gasteiger partial charge in [-0.3, -0.25) is 0 Å². The number of nitriles is 1. The maximum absolute atomic E-state index is 13.6. The maximum Gasteiger partial charge on any atom is 0.460 e. The van der Waals surface area contributed by atoms with Gasteiger partial charge in [-0.1, -0.05) is 25.5 Å². The highest BCUT2D eigenvalue weighted by molar-refractivity contribution is 5.38. The van der Waals surface area contributed by atoms with Gasteiger partial charge in [0.05, 0.1) is 6.07 Å². The minimum absolute atomic E-state index is 0.186. The summed E-state index contributed by atoms with van der Waals surface area (Å²) in [6.45, 7) is 5.24. The van der Waals surface area contributed by atoms with Crippen molar-refractivity contribution in [3.63, 3.8) is 0 Å². The Kier molecular flexibility index (Phi) is 6.65.